The summed E-state index contributed by atoms with van der Waals surface area (Å²) in [7, 11) is -2.84. The molecule has 0 saturated carbocycles. The monoisotopic (exact) mass is 339 g/mol. The summed E-state index contributed by atoms with van der Waals surface area (Å²) in [4.78, 5) is 11.5. The molecule has 0 saturated heterocycles. The van der Waals surface area contributed by atoms with Crippen LogP contribution < -0.4 is 5.32 Å². The van der Waals surface area contributed by atoms with Crippen molar-refractivity contribution in [1.82, 2.24) is 15.1 Å². The Bertz CT molecular complexity index is 798. The smallest absolute Gasteiger partial charge is 0.332 e. The molecule has 0 fully saturated rings. The van der Waals surface area contributed by atoms with Crippen LogP contribution in [0.25, 0.3) is 0 Å². The lowest BCUT2D eigenvalue weighted by Gasteiger charge is -2.05. The summed E-state index contributed by atoms with van der Waals surface area (Å²) < 4.78 is 35.9. The van der Waals surface area contributed by atoms with Gasteiger partial charge in [0.2, 0.25) is 5.91 Å². The normalized spacial score (nSPS) is 11.4. The fraction of sp³-hybridized carbons (Fsp3) is 0.333. The molecule has 0 bridgehead atoms. The van der Waals surface area contributed by atoms with Crippen molar-refractivity contribution >= 4 is 16.1 Å². The molecule has 0 spiro atoms. The van der Waals surface area contributed by atoms with E-state index >= 15 is 0 Å². The van der Waals surface area contributed by atoms with E-state index in [2.05, 4.69) is 10.4 Å². The molecule has 0 unspecified atom stereocenters. The zero-order valence-electron chi connectivity index (χ0n) is 12.9. The van der Waals surface area contributed by atoms with Gasteiger partial charge in [0.1, 0.15) is 0 Å². The molecule has 0 radical (unpaired) electrons. The molecule has 1 heterocycles. The number of carbonyl (C=O) groups is 1. The molecule has 0 aliphatic rings. The Hall–Kier alpha value is -2.22. The first kappa shape index (κ1) is 17.1. The van der Waals surface area contributed by atoms with Gasteiger partial charge in [-0.05, 0) is 31.0 Å². The first-order valence-corrected chi connectivity index (χ1v) is 8.43. The molecular formula is C15H18FN3O3S. The number of amides is 1. The minimum atomic E-state index is -4.68. The summed E-state index contributed by atoms with van der Waals surface area (Å²) in [5.41, 5.74) is 2.72. The Morgan fingerprint density at radius 2 is 1.96 bits per heavy atom. The maximum Gasteiger partial charge on any atom is 0.332 e. The third-order valence-corrected chi connectivity index (χ3v) is 4.49. The molecule has 0 aliphatic carbocycles. The number of rotatable bonds is 6. The van der Waals surface area contributed by atoms with Gasteiger partial charge in [0.05, 0.1) is 11.1 Å². The highest BCUT2D eigenvalue weighted by Gasteiger charge is 2.11. The van der Waals surface area contributed by atoms with Crippen LogP contribution >= 0.6 is 0 Å². The topological polar surface area (TPSA) is 81.1 Å². The van der Waals surface area contributed by atoms with Gasteiger partial charge in [0, 0.05) is 31.3 Å². The van der Waals surface area contributed by atoms with Crippen LogP contribution in [0, 0.1) is 6.92 Å². The van der Waals surface area contributed by atoms with Crippen LogP contribution in [-0.2, 0) is 35.0 Å². The highest BCUT2D eigenvalue weighted by atomic mass is 32.3. The lowest BCUT2D eigenvalue weighted by atomic mass is 10.1. The highest BCUT2D eigenvalue weighted by Crippen LogP contribution is 2.14. The molecule has 23 heavy (non-hydrogen) atoms. The molecule has 124 valence electrons. The van der Waals surface area contributed by atoms with Crippen LogP contribution in [0.2, 0.25) is 0 Å². The Morgan fingerprint density at radius 1 is 1.30 bits per heavy atom. The van der Waals surface area contributed by atoms with Gasteiger partial charge in [-0.2, -0.15) is 13.5 Å². The van der Waals surface area contributed by atoms with Crippen LogP contribution in [0.4, 0.5) is 3.89 Å². The fourth-order valence-corrected chi connectivity index (χ4v) is 2.54. The molecule has 8 heteroatoms. The third kappa shape index (κ3) is 4.62. The SMILES string of the molecule is Cc1c(CNC(=O)CCc2ccc(S(=O)(=O)F)cc2)cnn1C. The summed E-state index contributed by atoms with van der Waals surface area (Å²) in [6, 6.07) is 5.40. The minimum Gasteiger partial charge on any atom is -0.352 e. The molecule has 1 aromatic carbocycles. The first-order valence-electron chi connectivity index (χ1n) is 7.05. The maximum absolute atomic E-state index is 12.8. The van der Waals surface area contributed by atoms with Gasteiger partial charge >= 0.3 is 10.2 Å². The lowest BCUT2D eigenvalue weighted by molar-refractivity contribution is -0.121. The second-order valence-corrected chi connectivity index (χ2v) is 6.58. The molecular weight excluding hydrogens is 321 g/mol. The number of nitrogens with one attached hydrogen (secondary N) is 1. The van der Waals surface area contributed by atoms with E-state index in [1.165, 1.54) is 24.3 Å². The highest BCUT2D eigenvalue weighted by molar-refractivity contribution is 7.86. The Morgan fingerprint density at radius 3 is 2.48 bits per heavy atom. The third-order valence-electron chi connectivity index (χ3n) is 3.66. The molecule has 6 nitrogen and oxygen atoms in total. The van der Waals surface area contributed by atoms with E-state index in [0.717, 1.165) is 16.8 Å². The summed E-state index contributed by atoms with van der Waals surface area (Å²) in [5, 5.41) is 6.91. The molecule has 0 aliphatic heterocycles. The number of halogens is 1. The summed E-state index contributed by atoms with van der Waals surface area (Å²) in [6.45, 7) is 2.34. The molecule has 2 rings (SSSR count). The van der Waals surface area contributed by atoms with Gasteiger partial charge in [-0.1, -0.05) is 12.1 Å². The number of benzene rings is 1. The van der Waals surface area contributed by atoms with Crippen molar-refractivity contribution in [1.29, 1.82) is 0 Å². The average Bonchev–Trinajstić information content (AvgIpc) is 2.82. The number of carbonyl (C=O) groups excluding carboxylic acids is 1. The maximum atomic E-state index is 12.8. The summed E-state index contributed by atoms with van der Waals surface area (Å²) in [5.74, 6) is -0.115. The van der Waals surface area contributed by atoms with Crippen molar-refractivity contribution in [2.24, 2.45) is 7.05 Å². The van der Waals surface area contributed by atoms with Crippen LogP contribution in [0.15, 0.2) is 35.4 Å². The van der Waals surface area contributed by atoms with E-state index in [-0.39, 0.29) is 17.2 Å². The molecule has 1 N–H and O–H groups in total. The second-order valence-electron chi connectivity index (χ2n) is 5.24. The first-order chi connectivity index (χ1) is 10.8. The van der Waals surface area contributed by atoms with Gasteiger partial charge in [0.25, 0.3) is 0 Å². The van der Waals surface area contributed by atoms with Gasteiger partial charge in [0.15, 0.2) is 0 Å². The van der Waals surface area contributed by atoms with Crippen LogP contribution in [-0.4, -0.2) is 24.1 Å². The van der Waals surface area contributed by atoms with Crippen molar-refractivity contribution < 1.29 is 17.1 Å². The lowest BCUT2D eigenvalue weighted by Crippen LogP contribution is -2.23. The largest absolute Gasteiger partial charge is 0.352 e. The van der Waals surface area contributed by atoms with Crippen molar-refractivity contribution in [2.75, 3.05) is 0 Å². The number of hydrogen-bond donors (Lipinski definition) is 1. The van der Waals surface area contributed by atoms with Crippen LogP contribution in [0.3, 0.4) is 0 Å². The van der Waals surface area contributed by atoms with E-state index in [0.29, 0.717) is 13.0 Å². The Kier molecular flexibility index (Phi) is 5.15. The van der Waals surface area contributed by atoms with E-state index in [1.807, 2.05) is 14.0 Å². The van der Waals surface area contributed by atoms with Crippen molar-refractivity contribution in [3.05, 3.63) is 47.3 Å². The van der Waals surface area contributed by atoms with Gasteiger partial charge in [-0.15, -0.1) is 3.89 Å². The van der Waals surface area contributed by atoms with Gasteiger partial charge in [-0.25, -0.2) is 0 Å². The number of hydrogen-bond acceptors (Lipinski definition) is 4. The summed E-state index contributed by atoms with van der Waals surface area (Å²) in [6.07, 6.45) is 2.43. The predicted molar refractivity (Wildman–Crippen MR) is 82.8 cm³/mol. The number of aromatic nitrogens is 2. The van der Waals surface area contributed by atoms with Gasteiger partial charge < -0.3 is 5.32 Å². The van der Waals surface area contributed by atoms with Crippen molar-refractivity contribution in [3.8, 4) is 0 Å². The zero-order valence-corrected chi connectivity index (χ0v) is 13.7. The molecule has 1 aromatic heterocycles. The van der Waals surface area contributed by atoms with Crippen LogP contribution in [0.5, 0.6) is 0 Å². The molecule has 1 amide bonds. The Balaban J connectivity index is 1.83. The predicted octanol–water partition coefficient (Wildman–Crippen LogP) is 1.64. The second kappa shape index (κ2) is 6.91. The quantitative estimate of drug-likeness (QED) is 0.811. The number of nitrogens with zero attached hydrogens (tertiary/aromatic N) is 2. The van der Waals surface area contributed by atoms with E-state index in [4.69, 9.17) is 0 Å². The fourth-order valence-electron chi connectivity index (χ4n) is 2.08. The average molecular weight is 339 g/mol. The van der Waals surface area contributed by atoms with E-state index in [1.54, 1.807) is 10.9 Å². The van der Waals surface area contributed by atoms with Gasteiger partial charge in [-0.3, -0.25) is 9.48 Å². The van der Waals surface area contributed by atoms with E-state index in [9.17, 15) is 17.1 Å². The van der Waals surface area contributed by atoms with Crippen molar-refractivity contribution in [2.45, 2.75) is 31.2 Å². The molecule has 0 atom stereocenters. The zero-order chi connectivity index (χ0) is 17.0. The summed E-state index contributed by atoms with van der Waals surface area (Å²) >= 11 is 0. The van der Waals surface area contributed by atoms with Crippen molar-refractivity contribution in [3.63, 3.8) is 0 Å². The van der Waals surface area contributed by atoms with Crippen LogP contribution in [0.1, 0.15) is 23.2 Å². The molecule has 2 aromatic rings. The van der Waals surface area contributed by atoms with E-state index < -0.39 is 10.2 Å². The Labute approximate surface area is 134 Å². The minimum absolute atomic E-state index is 0.115. The number of aryl methyl sites for hydroxylation is 2. The standard InChI is InChI=1S/C15H18FN3O3S/c1-11-13(10-18-19(11)2)9-17-15(20)8-5-12-3-6-14(7-4-12)23(16,21)22/h3-4,6-7,10H,5,8-9H2,1-2H3,(H,17,20).